The van der Waals surface area contributed by atoms with Crippen LogP contribution in [0.15, 0.2) is 24.3 Å². The van der Waals surface area contributed by atoms with E-state index in [1.165, 1.54) is 12.8 Å². The number of carbonyl (C=O) groups excluding carboxylic acids is 2. The van der Waals surface area contributed by atoms with Crippen molar-refractivity contribution in [3.63, 3.8) is 0 Å². The van der Waals surface area contributed by atoms with Crippen molar-refractivity contribution < 1.29 is 19.1 Å². The third-order valence-electron chi connectivity index (χ3n) is 3.81. The molecular weight excluding hydrogens is 310 g/mol. The Kier molecular flexibility index (Phi) is 7.51. The molecule has 1 heterocycles. The fourth-order valence-electron chi connectivity index (χ4n) is 2.44. The van der Waals surface area contributed by atoms with E-state index in [0.717, 1.165) is 31.9 Å². The number of benzene rings is 1. The lowest BCUT2D eigenvalue weighted by atomic mass is 10.1. The first-order valence-corrected chi connectivity index (χ1v) is 8.17. The van der Waals surface area contributed by atoms with E-state index in [0.29, 0.717) is 26.1 Å². The van der Waals surface area contributed by atoms with E-state index in [2.05, 4.69) is 39.8 Å². The molecule has 1 aliphatic rings. The van der Waals surface area contributed by atoms with Gasteiger partial charge in [0.1, 0.15) is 0 Å². The molecule has 0 aromatic heterocycles. The van der Waals surface area contributed by atoms with Crippen molar-refractivity contribution in [3.8, 4) is 0 Å². The predicted molar refractivity (Wildman–Crippen MR) is 91.1 cm³/mol. The molecule has 24 heavy (non-hydrogen) atoms. The predicted octanol–water partition coefficient (Wildman–Crippen LogP) is -0.0555. The molecule has 1 aromatic carbocycles. The molecule has 7 heteroatoms. The Morgan fingerprint density at radius 1 is 1.08 bits per heavy atom. The molecule has 2 rings (SSSR count). The summed E-state index contributed by atoms with van der Waals surface area (Å²) < 4.78 is 10.2. The first-order chi connectivity index (χ1) is 11.7. The van der Waals surface area contributed by atoms with Crippen LogP contribution < -0.4 is 15.5 Å². The number of morpholine rings is 1. The molecule has 0 atom stereocenters. The summed E-state index contributed by atoms with van der Waals surface area (Å²) in [4.78, 5) is 25.4. The number of nitrogens with zero attached hydrogens (tertiary/aromatic N) is 1. The van der Waals surface area contributed by atoms with Gasteiger partial charge in [-0.25, -0.2) is 0 Å². The first-order valence-electron chi connectivity index (χ1n) is 8.17. The maximum absolute atomic E-state index is 11.6. The van der Waals surface area contributed by atoms with Gasteiger partial charge in [-0.2, -0.15) is 0 Å². The fraction of sp³-hybridized carbons (Fsp3) is 0.529. The monoisotopic (exact) mass is 335 g/mol. The number of hydrogen-bond acceptors (Lipinski definition) is 5. The number of carbonyl (C=O) groups is 2. The zero-order valence-electron chi connectivity index (χ0n) is 14.0. The second kappa shape index (κ2) is 9.89. The standard InChI is InChI=1S/C17H25N3O4/c1-23-11-8-19-17(22)16(21)18-7-6-14-2-4-15(5-3-14)20-9-12-24-13-10-20/h2-5H,6-13H2,1H3,(H,18,21)(H,19,22). The van der Waals surface area contributed by atoms with Crippen LogP contribution in [0.2, 0.25) is 0 Å². The largest absolute Gasteiger partial charge is 0.383 e. The molecule has 1 aliphatic heterocycles. The molecule has 0 spiro atoms. The van der Waals surface area contributed by atoms with Gasteiger partial charge in [0.15, 0.2) is 0 Å². The zero-order valence-corrected chi connectivity index (χ0v) is 14.0. The third-order valence-corrected chi connectivity index (χ3v) is 3.81. The average Bonchev–Trinajstić information content (AvgIpc) is 2.63. The van der Waals surface area contributed by atoms with Gasteiger partial charge in [-0.05, 0) is 24.1 Å². The SMILES string of the molecule is COCCNC(=O)C(=O)NCCc1ccc(N2CCOCC2)cc1. The Morgan fingerprint density at radius 3 is 2.33 bits per heavy atom. The summed E-state index contributed by atoms with van der Waals surface area (Å²) in [7, 11) is 1.54. The van der Waals surface area contributed by atoms with E-state index in [4.69, 9.17) is 9.47 Å². The van der Waals surface area contributed by atoms with Crippen molar-refractivity contribution in [2.75, 3.05) is 58.0 Å². The van der Waals surface area contributed by atoms with Gasteiger partial charge < -0.3 is 25.0 Å². The smallest absolute Gasteiger partial charge is 0.309 e. The molecule has 0 saturated carbocycles. The van der Waals surface area contributed by atoms with Crippen LogP contribution in [-0.4, -0.2) is 64.9 Å². The highest BCUT2D eigenvalue weighted by Crippen LogP contribution is 2.16. The van der Waals surface area contributed by atoms with E-state index in [1.807, 2.05) is 0 Å². The zero-order chi connectivity index (χ0) is 17.2. The minimum Gasteiger partial charge on any atom is -0.383 e. The highest BCUT2D eigenvalue weighted by atomic mass is 16.5. The van der Waals surface area contributed by atoms with Crippen molar-refractivity contribution >= 4 is 17.5 Å². The number of amides is 2. The minimum absolute atomic E-state index is 0.325. The summed E-state index contributed by atoms with van der Waals surface area (Å²) in [6, 6.07) is 8.27. The molecule has 1 fully saturated rings. The van der Waals surface area contributed by atoms with E-state index >= 15 is 0 Å². The van der Waals surface area contributed by atoms with Crippen molar-refractivity contribution in [1.29, 1.82) is 0 Å². The van der Waals surface area contributed by atoms with Crippen molar-refractivity contribution in [3.05, 3.63) is 29.8 Å². The van der Waals surface area contributed by atoms with Gasteiger partial charge in [-0.15, -0.1) is 0 Å². The van der Waals surface area contributed by atoms with Gasteiger partial charge in [0.2, 0.25) is 0 Å². The van der Waals surface area contributed by atoms with Crippen molar-refractivity contribution in [1.82, 2.24) is 10.6 Å². The molecule has 1 saturated heterocycles. The molecule has 0 aliphatic carbocycles. The lowest BCUT2D eigenvalue weighted by Crippen LogP contribution is -2.41. The number of methoxy groups -OCH3 is 1. The van der Waals surface area contributed by atoms with Crippen LogP contribution in [0.1, 0.15) is 5.56 Å². The number of ether oxygens (including phenoxy) is 2. The Morgan fingerprint density at radius 2 is 1.71 bits per heavy atom. The van der Waals surface area contributed by atoms with Gasteiger partial charge in [-0.3, -0.25) is 9.59 Å². The third kappa shape index (κ3) is 5.82. The summed E-state index contributed by atoms with van der Waals surface area (Å²) in [6.07, 6.45) is 0.681. The molecule has 0 bridgehead atoms. The summed E-state index contributed by atoms with van der Waals surface area (Å²) in [5.74, 6) is -1.24. The number of hydrogen-bond donors (Lipinski definition) is 2. The van der Waals surface area contributed by atoms with Gasteiger partial charge in [-0.1, -0.05) is 12.1 Å². The number of anilines is 1. The van der Waals surface area contributed by atoms with E-state index < -0.39 is 11.8 Å². The summed E-state index contributed by atoms with van der Waals surface area (Å²) in [6.45, 7) is 4.48. The molecule has 132 valence electrons. The average molecular weight is 335 g/mol. The van der Waals surface area contributed by atoms with Crippen LogP contribution in [0.4, 0.5) is 5.69 Å². The molecule has 7 nitrogen and oxygen atoms in total. The molecule has 0 radical (unpaired) electrons. The van der Waals surface area contributed by atoms with Crippen LogP contribution in [0.5, 0.6) is 0 Å². The molecular formula is C17H25N3O4. The normalized spacial score (nSPS) is 14.3. The Hall–Kier alpha value is -2.12. The van der Waals surface area contributed by atoms with E-state index in [9.17, 15) is 9.59 Å². The summed E-state index contributed by atoms with van der Waals surface area (Å²) in [5.41, 5.74) is 2.30. The number of nitrogens with one attached hydrogen (secondary N) is 2. The molecule has 1 aromatic rings. The summed E-state index contributed by atoms with van der Waals surface area (Å²) >= 11 is 0. The van der Waals surface area contributed by atoms with Gasteiger partial charge in [0.25, 0.3) is 0 Å². The second-order valence-electron chi connectivity index (χ2n) is 5.52. The van der Waals surface area contributed by atoms with Gasteiger partial charge in [0, 0.05) is 39.0 Å². The van der Waals surface area contributed by atoms with Crippen LogP contribution in [0.3, 0.4) is 0 Å². The quantitative estimate of drug-likeness (QED) is 0.539. The fourth-order valence-corrected chi connectivity index (χ4v) is 2.44. The number of rotatable bonds is 7. The van der Waals surface area contributed by atoms with Crippen LogP contribution in [-0.2, 0) is 25.5 Å². The molecule has 0 unspecified atom stereocenters. The van der Waals surface area contributed by atoms with E-state index in [-0.39, 0.29) is 0 Å². The van der Waals surface area contributed by atoms with Crippen LogP contribution >= 0.6 is 0 Å². The topological polar surface area (TPSA) is 79.9 Å². The van der Waals surface area contributed by atoms with Gasteiger partial charge in [0.05, 0.1) is 19.8 Å². The lowest BCUT2D eigenvalue weighted by Gasteiger charge is -2.28. The highest BCUT2D eigenvalue weighted by molar-refractivity contribution is 6.35. The molecule has 2 N–H and O–H groups in total. The van der Waals surface area contributed by atoms with Crippen LogP contribution in [0, 0.1) is 0 Å². The van der Waals surface area contributed by atoms with Crippen molar-refractivity contribution in [2.45, 2.75) is 6.42 Å². The van der Waals surface area contributed by atoms with E-state index in [1.54, 1.807) is 0 Å². The van der Waals surface area contributed by atoms with Crippen molar-refractivity contribution in [2.24, 2.45) is 0 Å². The second-order valence-corrected chi connectivity index (χ2v) is 5.52. The maximum atomic E-state index is 11.6. The summed E-state index contributed by atoms with van der Waals surface area (Å²) in [5, 5.41) is 5.10. The van der Waals surface area contributed by atoms with Gasteiger partial charge >= 0.3 is 11.8 Å². The highest BCUT2D eigenvalue weighted by Gasteiger charge is 2.12. The Labute approximate surface area is 142 Å². The Balaban J connectivity index is 1.70. The maximum Gasteiger partial charge on any atom is 0.309 e. The minimum atomic E-state index is -0.630. The first kappa shape index (κ1) is 18.2. The Bertz CT molecular complexity index is 527. The lowest BCUT2D eigenvalue weighted by molar-refractivity contribution is -0.139. The molecule has 2 amide bonds. The van der Waals surface area contributed by atoms with Crippen LogP contribution in [0.25, 0.3) is 0 Å².